The van der Waals surface area contributed by atoms with Crippen molar-refractivity contribution in [3.63, 3.8) is 0 Å². The van der Waals surface area contributed by atoms with Gasteiger partial charge >= 0.3 is 0 Å². The highest BCUT2D eigenvalue weighted by Gasteiger charge is 2.18. The molecule has 5 nitrogen and oxygen atoms in total. The highest BCUT2D eigenvalue weighted by molar-refractivity contribution is 6.17. The summed E-state index contributed by atoms with van der Waals surface area (Å²) in [7, 11) is 0. The number of aromatic nitrogens is 5. The molecule has 0 aliphatic heterocycles. The van der Waals surface area contributed by atoms with Crippen LogP contribution in [0.5, 0.6) is 0 Å². The Morgan fingerprint density at radius 3 is 2.81 bits per heavy atom. The van der Waals surface area contributed by atoms with E-state index in [2.05, 4.69) is 21.6 Å². The van der Waals surface area contributed by atoms with Crippen LogP contribution in [0.1, 0.15) is 24.1 Å². The second kappa shape index (κ2) is 5.85. The molecule has 3 heterocycles. The van der Waals surface area contributed by atoms with Crippen molar-refractivity contribution in [2.75, 3.05) is 5.88 Å². The lowest BCUT2D eigenvalue weighted by Crippen LogP contribution is -2.11. The van der Waals surface area contributed by atoms with E-state index >= 15 is 0 Å². The fraction of sp³-hybridized carbons (Fsp3) is 0.400. The predicted octanol–water partition coefficient (Wildman–Crippen LogP) is 2.79. The van der Waals surface area contributed by atoms with Crippen LogP contribution in [0.25, 0.3) is 11.2 Å². The number of nitrogens with zero attached hydrogens (tertiary/aromatic N) is 5. The number of aryl methyl sites for hydroxylation is 3. The third kappa shape index (κ3) is 2.53. The molecule has 0 N–H and O–H groups in total. The number of pyridine rings is 1. The topological polar surface area (TPSA) is 48.5 Å². The zero-order chi connectivity index (χ0) is 14.8. The van der Waals surface area contributed by atoms with E-state index in [9.17, 15) is 0 Å². The van der Waals surface area contributed by atoms with Crippen molar-refractivity contribution in [3.8, 4) is 0 Å². The summed E-state index contributed by atoms with van der Waals surface area (Å²) in [5.74, 6) is 1.55. The minimum atomic E-state index is 0.556. The molecule has 3 rings (SSSR count). The molecule has 0 radical (unpaired) electrons. The first kappa shape index (κ1) is 14.1. The molecular formula is C15H18ClN5. The molecule has 3 aromatic rings. The lowest BCUT2D eigenvalue weighted by Gasteiger charge is -2.09. The second-order valence-corrected chi connectivity index (χ2v) is 5.33. The summed E-state index contributed by atoms with van der Waals surface area (Å²) in [6.07, 6.45) is 2.55. The maximum Gasteiger partial charge on any atom is 0.159 e. The van der Waals surface area contributed by atoms with Crippen LogP contribution in [-0.4, -0.2) is 30.2 Å². The summed E-state index contributed by atoms with van der Waals surface area (Å²) in [5, 5.41) is 4.55. The third-order valence-electron chi connectivity index (χ3n) is 3.54. The van der Waals surface area contributed by atoms with Crippen molar-refractivity contribution >= 4 is 22.8 Å². The van der Waals surface area contributed by atoms with Gasteiger partial charge in [0.1, 0.15) is 11.3 Å². The molecule has 0 saturated carbocycles. The van der Waals surface area contributed by atoms with Gasteiger partial charge in [-0.1, -0.05) is 6.07 Å². The van der Waals surface area contributed by atoms with Crippen molar-refractivity contribution in [1.82, 2.24) is 24.3 Å². The van der Waals surface area contributed by atoms with Gasteiger partial charge in [-0.15, -0.1) is 11.6 Å². The first-order chi connectivity index (χ1) is 10.2. The summed E-state index contributed by atoms with van der Waals surface area (Å²) in [5.41, 5.74) is 3.99. The molecule has 0 aliphatic carbocycles. The molecule has 0 amide bonds. The molecule has 0 bridgehead atoms. The number of halogens is 1. The molecule has 0 aliphatic rings. The SMILES string of the molecule is CCn1nc(C)c2nc(CCCl)n(Cc3ccccn3)c21. The first-order valence-electron chi connectivity index (χ1n) is 7.13. The van der Waals surface area contributed by atoms with E-state index in [0.717, 1.165) is 41.3 Å². The van der Waals surface area contributed by atoms with Gasteiger partial charge in [0.25, 0.3) is 0 Å². The van der Waals surface area contributed by atoms with E-state index in [1.807, 2.05) is 36.0 Å². The number of alkyl halides is 1. The van der Waals surface area contributed by atoms with Gasteiger partial charge in [-0.3, -0.25) is 4.98 Å². The third-order valence-corrected chi connectivity index (χ3v) is 3.73. The maximum atomic E-state index is 5.93. The predicted molar refractivity (Wildman–Crippen MR) is 83.7 cm³/mol. The fourth-order valence-corrected chi connectivity index (χ4v) is 2.75. The van der Waals surface area contributed by atoms with Crippen LogP contribution in [0.3, 0.4) is 0 Å². The first-order valence-corrected chi connectivity index (χ1v) is 7.66. The zero-order valence-corrected chi connectivity index (χ0v) is 13.0. The van der Waals surface area contributed by atoms with Gasteiger partial charge < -0.3 is 4.57 Å². The van der Waals surface area contributed by atoms with E-state index in [4.69, 9.17) is 16.6 Å². The van der Waals surface area contributed by atoms with Gasteiger partial charge in [0.15, 0.2) is 5.65 Å². The average Bonchev–Trinajstić information content (AvgIpc) is 3.00. The Bertz CT molecular complexity index is 744. The summed E-state index contributed by atoms with van der Waals surface area (Å²) in [6.45, 7) is 5.59. The summed E-state index contributed by atoms with van der Waals surface area (Å²) in [4.78, 5) is 9.15. The van der Waals surface area contributed by atoms with Crippen LogP contribution in [0.2, 0.25) is 0 Å². The van der Waals surface area contributed by atoms with Gasteiger partial charge in [-0.25, -0.2) is 9.67 Å². The molecule has 110 valence electrons. The largest absolute Gasteiger partial charge is 0.307 e. The number of rotatable bonds is 5. The molecule has 21 heavy (non-hydrogen) atoms. The quantitative estimate of drug-likeness (QED) is 0.681. The average molecular weight is 304 g/mol. The molecule has 0 saturated heterocycles. The fourth-order valence-electron chi connectivity index (χ4n) is 2.59. The van der Waals surface area contributed by atoms with Crippen molar-refractivity contribution in [2.24, 2.45) is 0 Å². The number of hydrogen-bond donors (Lipinski definition) is 0. The Balaban J connectivity index is 2.15. The van der Waals surface area contributed by atoms with Crippen LogP contribution in [0.4, 0.5) is 0 Å². The van der Waals surface area contributed by atoms with Crippen LogP contribution in [-0.2, 0) is 19.5 Å². The summed E-state index contributed by atoms with van der Waals surface area (Å²) < 4.78 is 4.18. The Hall–Kier alpha value is -1.88. The zero-order valence-electron chi connectivity index (χ0n) is 12.3. The maximum absolute atomic E-state index is 5.93. The Morgan fingerprint density at radius 1 is 1.29 bits per heavy atom. The molecule has 3 aromatic heterocycles. The molecule has 6 heteroatoms. The van der Waals surface area contributed by atoms with E-state index in [0.29, 0.717) is 12.4 Å². The Labute approximate surface area is 128 Å². The molecule has 0 unspecified atom stereocenters. The lowest BCUT2D eigenvalue weighted by molar-refractivity contribution is 0.632. The van der Waals surface area contributed by atoms with E-state index in [-0.39, 0.29) is 0 Å². The Morgan fingerprint density at radius 2 is 2.14 bits per heavy atom. The minimum absolute atomic E-state index is 0.556. The van der Waals surface area contributed by atoms with Gasteiger partial charge in [0, 0.05) is 25.0 Å². The Kier molecular flexibility index (Phi) is 3.92. The van der Waals surface area contributed by atoms with Gasteiger partial charge in [-0.2, -0.15) is 5.10 Å². The monoisotopic (exact) mass is 303 g/mol. The number of imidazole rings is 1. The van der Waals surface area contributed by atoms with Gasteiger partial charge in [0.2, 0.25) is 0 Å². The standard InChI is InChI=1S/C15H18ClN5/c1-3-21-15-14(11(2)19-21)18-13(7-8-16)20(15)10-12-6-4-5-9-17-12/h4-6,9H,3,7-8,10H2,1-2H3. The molecular weight excluding hydrogens is 286 g/mol. The van der Waals surface area contributed by atoms with Gasteiger partial charge in [0.05, 0.1) is 17.9 Å². The van der Waals surface area contributed by atoms with Crippen molar-refractivity contribution < 1.29 is 0 Å². The second-order valence-electron chi connectivity index (χ2n) is 4.95. The summed E-state index contributed by atoms with van der Waals surface area (Å²) >= 11 is 5.93. The molecule has 0 fully saturated rings. The molecule has 0 spiro atoms. The van der Waals surface area contributed by atoms with Crippen LogP contribution in [0, 0.1) is 6.92 Å². The lowest BCUT2D eigenvalue weighted by atomic mass is 10.3. The van der Waals surface area contributed by atoms with E-state index in [1.54, 1.807) is 0 Å². The number of hydrogen-bond acceptors (Lipinski definition) is 3. The minimum Gasteiger partial charge on any atom is -0.307 e. The smallest absolute Gasteiger partial charge is 0.159 e. The van der Waals surface area contributed by atoms with Crippen LogP contribution in [0.15, 0.2) is 24.4 Å². The van der Waals surface area contributed by atoms with Crippen molar-refractivity contribution in [1.29, 1.82) is 0 Å². The summed E-state index contributed by atoms with van der Waals surface area (Å²) in [6, 6.07) is 5.95. The normalized spacial score (nSPS) is 11.4. The molecule has 0 atom stereocenters. The van der Waals surface area contributed by atoms with Crippen LogP contribution >= 0.6 is 11.6 Å². The highest BCUT2D eigenvalue weighted by atomic mass is 35.5. The number of fused-ring (bicyclic) bond motifs is 1. The van der Waals surface area contributed by atoms with Crippen LogP contribution < -0.4 is 0 Å². The van der Waals surface area contributed by atoms with Crippen molar-refractivity contribution in [2.45, 2.75) is 33.4 Å². The molecule has 0 aromatic carbocycles. The van der Waals surface area contributed by atoms with Crippen molar-refractivity contribution in [3.05, 3.63) is 41.6 Å². The van der Waals surface area contributed by atoms with Gasteiger partial charge in [-0.05, 0) is 26.0 Å². The van der Waals surface area contributed by atoms with E-state index in [1.165, 1.54) is 0 Å². The highest BCUT2D eigenvalue weighted by Crippen LogP contribution is 2.21. The van der Waals surface area contributed by atoms with E-state index < -0.39 is 0 Å².